The molecule has 0 radical (unpaired) electrons. The maximum atomic E-state index is 10.7. The fourth-order valence-electron chi connectivity index (χ4n) is 2.03. The first-order valence-corrected chi connectivity index (χ1v) is 5.06. The molecule has 2 rings (SSSR count). The van der Waals surface area contributed by atoms with Crippen LogP contribution in [0.15, 0.2) is 0 Å². The van der Waals surface area contributed by atoms with E-state index < -0.39 is 5.97 Å². The first-order chi connectivity index (χ1) is 6.18. The Morgan fingerprint density at radius 2 is 2.08 bits per heavy atom. The quantitative estimate of drug-likeness (QED) is 0.725. The predicted octanol–water partition coefficient (Wildman–Crippen LogP) is 1.66. The molecule has 0 aromatic rings. The molecule has 2 unspecified atom stereocenters. The number of carbonyl (C=O) groups is 1. The number of rotatable bonds is 3. The highest BCUT2D eigenvalue weighted by Crippen LogP contribution is 2.41. The summed E-state index contributed by atoms with van der Waals surface area (Å²) in [7, 11) is 0. The summed E-state index contributed by atoms with van der Waals surface area (Å²) in [6, 6.07) is 0. The van der Waals surface area contributed by atoms with Crippen molar-refractivity contribution in [3.8, 4) is 0 Å². The van der Waals surface area contributed by atoms with Crippen LogP contribution < -0.4 is 0 Å². The molecule has 0 aromatic carbocycles. The lowest BCUT2D eigenvalue weighted by Gasteiger charge is -2.16. The second kappa shape index (κ2) is 3.29. The second-order valence-corrected chi connectivity index (χ2v) is 4.25. The lowest BCUT2D eigenvalue weighted by atomic mass is 10.0. The summed E-state index contributed by atoms with van der Waals surface area (Å²) in [5, 5.41) is 8.80. The minimum Gasteiger partial charge on any atom is -0.481 e. The molecule has 3 atom stereocenters. The predicted molar refractivity (Wildman–Crippen MR) is 47.4 cm³/mol. The third kappa shape index (κ3) is 1.85. The van der Waals surface area contributed by atoms with Gasteiger partial charge in [0.05, 0.1) is 18.1 Å². The molecule has 3 heteroatoms. The Hall–Kier alpha value is -0.570. The van der Waals surface area contributed by atoms with Gasteiger partial charge in [0.1, 0.15) is 0 Å². The van der Waals surface area contributed by atoms with E-state index in [1.165, 1.54) is 12.8 Å². The number of carboxylic acid groups (broad SMARTS) is 1. The van der Waals surface area contributed by atoms with E-state index in [2.05, 4.69) is 0 Å². The molecule has 1 heterocycles. The summed E-state index contributed by atoms with van der Waals surface area (Å²) < 4.78 is 5.73. The average Bonchev–Trinajstić information content (AvgIpc) is 2.83. The lowest BCUT2D eigenvalue weighted by Crippen LogP contribution is -2.26. The summed E-state index contributed by atoms with van der Waals surface area (Å²) in [5.41, 5.74) is 0. The third-order valence-corrected chi connectivity index (χ3v) is 3.18. The van der Waals surface area contributed by atoms with Gasteiger partial charge in [-0.2, -0.15) is 0 Å². The highest BCUT2D eigenvalue weighted by atomic mass is 16.5. The topological polar surface area (TPSA) is 46.5 Å². The molecule has 0 bridgehead atoms. The third-order valence-electron chi connectivity index (χ3n) is 3.18. The van der Waals surface area contributed by atoms with E-state index in [0.29, 0.717) is 6.10 Å². The molecular formula is C10H16O3. The number of hydrogen-bond acceptors (Lipinski definition) is 2. The van der Waals surface area contributed by atoms with E-state index in [0.717, 1.165) is 18.8 Å². The number of carboxylic acids is 1. The maximum absolute atomic E-state index is 10.7. The van der Waals surface area contributed by atoms with Crippen LogP contribution in [-0.4, -0.2) is 23.3 Å². The average molecular weight is 184 g/mol. The van der Waals surface area contributed by atoms with Gasteiger partial charge < -0.3 is 9.84 Å². The smallest absolute Gasteiger partial charge is 0.308 e. The Balaban J connectivity index is 1.86. The molecule has 0 spiro atoms. The molecule has 2 fully saturated rings. The number of aliphatic carboxylic acids is 1. The summed E-state index contributed by atoms with van der Waals surface area (Å²) >= 11 is 0. The zero-order valence-electron chi connectivity index (χ0n) is 7.90. The van der Waals surface area contributed by atoms with E-state index in [1.54, 1.807) is 6.92 Å². The summed E-state index contributed by atoms with van der Waals surface area (Å²) in [6.45, 7) is 1.74. The Morgan fingerprint density at radius 3 is 2.62 bits per heavy atom. The van der Waals surface area contributed by atoms with Crippen LogP contribution in [0.25, 0.3) is 0 Å². The van der Waals surface area contributed by atoms with Gasteiger partial charge in [-0.3, -0.25) is 4.79 Å². The van der Waals surface area contributed by atoms with Gasteiger partial charge in [-0.05, 0) is 38.5 Å². The molecule has 1 N–H and O–H groups in total. The largest absolute Gasteiger partial charge is 0.481 e. The molecule has 0 aromatic heterocycles. The van der Waals surface area contributed by atoms with E-state index in [4.69, 9.17) is 9.84 Å². The summed E-state index contributed by atoms with van der Waals surface area (Å²) in [4.78, 5) is 10.7. The number of ether oxygens (including phenoxy) is 1. The van der Waals surface area contributed by atoms with E-state index >= 15 is 0 Å². The Morgan fingerprint density at radius 1 is 1.38 bits per heavy atom. The van der Waals surface area contributed by atoms with Gasteiger partial charge in [0.25, 0.3) is 0 Å². The summed E-state index contributed by atoms with van der Waals surface area (Å²) in [6.07, 6.45) is 4.87. The van der Waals surface area contributed by atoms with Crippen LogP contribution in [0.2, 0.25) is 0 Å². The van der Waals surface area contributed by atoms with E-state index in [9.17, 15) is 4.79 Å². The van der Waals surface area contributed by atoms with Crippen molar-refractivity contribution in [1.82, 2.24) is 0 Å². The van der Waals surface area contributed by atoms with Gasteiger partial charge in [-0.1, -0.05) is 0 Å². The van der Waals surface area contributed by atoms with Crippen molar-refractivity contribution in [3.05, 3.63) is 0 Å². The minimum absolute atomic E-state index is 0.0388. The van der Waals surface area contributed by atoms with Gasteiger partial charge in [-0.15, -0.1) is 0 Å². The van der Waals surface area contributed by atoms with Crippen LogP contribution >= 0.6 is 0 Å². The van der Waals surface area contributed by atoms with Gasteiger partial charge in [0.15, 0.2) is 0 Å². The molecule has 13 heavy (non-hydrogen) atoms. The molecule has 2 aliphatic rings. The minimum atomic E-state index is -0.735. The van der Waals surface area contributed by atoms with Crippen molar-refractivity contribution in [2.45, 2.75) is 44.8 Å². The lowest BCUT2D eigenvalue weighted by molar-refractivity contribution is -0.146. The SMILES string of the molecule is C[C@H](C(=O)O)C1CCC(C2CC2)O1. The van der Waals surface area contributed by atoms with Crippen LogP contribution in [-0.2, 0) is 9.53 Å². The van der Waals surface area contributed by atoms with Crippen molar-refractivity contribution < 1.29 is 14.6 Å². The summed E-state index contributed by atoms with van der Waals surface area (Å²) in [5.74, 6) is -0.337. The van der Waals surface area contributed by atoms with Gasteiger partial charge in [0.2, 0.25) is 0 Å². The second-order valence-electron chi connectivity index (χ2n) is 4.25. The van der Waals surface area contributed by atoms with Crippen LogP contribution in [0, 0.1) is 11.8 Å². The van der Waals surface area contributed by atoms with Gasteiger partial charge >= 0.3 is 5.97 Å². The van der Waals surface area contributed by atoms with Crippen molar-refractivity contribution in [2.75, 3.05) is 0 Å². The van der Waals surface area contributed by atoms with Crippen LogP contribution in [0.1, 0.15) is 32.6 Å². The fourth-order valence-corrected chi connectivity index (χ4v) is 2.03. The maximum Gasteiger partial charge on any atom is 0.308 e. The van der Waals surface area contributed by atoms with Crippen molar-refractivity contribution in [2.24, 2.45) is 11.8 Å². The molecular weight excluding hydrogens is 168 g/mol. The Labute approximate surface area is 78.1 Å². The highest BCUT2D eigenvalue weighted by Gasteiger charge is 2.40. The first kappa shape index (κ1) is 9.00. The van der Waals surface area contributed by atoms with Crippen LogP contribution in [0.3, 0.4) is 0 Å². The van der Waals surface area contributed by atoms with Crippen molar-refractivity contribution >= 4 is 5.97 Å². The Kier molecular flexibility index (Phi) is 2.28. The first-order valence-electron chi connectivity index (χ1n) is 5.06. The van der Waals surface area contributed by atoms with Crippen LogP contribution in [0.5, 0.6) is 0 Å². The van der Waals surface area contributed by atoms with Gasteiger partial charge in [-0.25, -0.2) is 0 Å². The van der Waals surface area contributed by atoms with E-state index in [-0.39, 0.29) is 12.0 Å². The van der Waals surface area contributed by atoms with E-state index in [1.807, 2.05) is 0 Å². The zero-order valence-corrected chi connectivity index (χ0v) is 7.90. The molecule has 1 aliphatic heterocycles. The highest BCUT2D eigenvalue weighted by molar-refractivity contribution is 5.70. The Bertz CT molecular complexity index is 210. The molecule has 1 saturated carbocycles. The van der Waals surface area contributed by atoms with Gasteiger partial charge in [0, 0.05) is 0 Å². The zero-order chi connectivity index (χ0) is 9.42. The molecule has 3 nitrogen and oxygen atoms in total. The molecule has 1 saturated heterocycles. The standard InChI is InChI=1S/C10H16O3/c1-6(10(11)12)8-4-5-9(13-8)7-2-3-7/h6-9H,2-5H2,1H3,(H,11,12)/t6-,8?,9?/m0/s1. The molecule has 0 amide bonds. The van der Waals surface area contributed by atoms with Crippen LogP contribution in [0.4, 0.5) is 0 Å². The monoisotopic (exact) mass is 184 g/mol. The van der Waals surface area contributed by atoms with Crippen molar-refractivity contribution in [1.29, 1.82) is 0 Å². The number of hydrogen-bond donors (Lipinski definition) is 1. The molecule has 74 valence electrons. The normalized spacial score (nSPS) is 36.1. The molecule has 1 aliphatic carbocycles. The van der Waals surface area contributed by atoms with Crippen molar-refractivity contribution in [3.63, 3.8) is 0 Å². The fraction of sp³-hybridized carbons (Fsp3) is 0.900.